The van der Waals surface area contributed by atoms with E-state index < -0.39 is 0 Å². The second-order valence-electron chi connectivity index (χ2n) is 5.27. The summed E-state index contributed by atoms with van der Waals surface area (Å²) in [7, 11) is 0. The van der Waals surface area contributed by atoms with Gasteiger partial charge in [-0.1, -0.05) is 36.8 Å². The van der Waals surface area contributed by atoms with Gasteiger partial charge in [-0.25, -0.2) is 0 Å². The Morgan fingerprint density at radius 1 is 1.26 bits per heavy atom. The van der Waals surface area contributed by atoms with Crippen LogP contribution in [0.3, 0.4) is 0 Å². The van der Waals surface area contributed by atoms with E-state index in [0.717, 1.165) is 25.9 Å². The fourth-order valence-electron chi connectivity index (χ4n) is 2.56. The average molecular weight is 260 g/mol. The Bertz CT molecular complexity index is 372. The van der Waals surface area contributed by atoms with Gasteiger partial charge < -0.3 is 10.6 Å². The van der Waals surface area contributed by atoms with Crippen LogP contribution >= 0.6 is 0 Å². The molecule has 3 nitrogen and oxygen atoms in total. The summed E-state index contributed by atoms with van der Waals surface area (Å²) < 4.78 is 0. The number of rotatable bonds is 6. The number of nitrogens with one attached hydrogen (secondary N) is 2. The zero-order valence-corrected chi connectivity index (χ0v) is 11.5. The number of benzene rings is 1. The predicted molar refractivity (Wildman–Crippen MR) is 78.0 cm³/mol. The highest BCUT2D eigenvalue weighted by Gasteiger charge is 2.13. The van der Waals surface area contributed by atoms with Crippen molar-refractivity contribution in [2.75, 3.05) is 13.1 Å². The summed E-state index contributed by atoms with van der Waals surface area (Å²) in [6, 6.07) is 10.8. The first-order chi connectivity index (χ1) is 9.34. The third kappa shape index (κ3) is 5.43. The molecule has 0 bridgehead atoms. The molecule has 0 aliphatic carbocycles. The minimum absolute atomic E-state index is 0.184. The molecule has 1 aliphatic heterocycles. The number of hydrogen-bond donors (Lipinski definition) is 2. The van der Waals surface area contributed by atoms with Crippen molar-refractivity contribution in [1.82, 2.24) is 10.6 Å². The minimum atomic E-state index is 0.184. The van der Waals surface area contributed by atoms with Crippen molar-refractivity contribution in [1.29, 1.82) is 0 Å². The molecule has 104 valence electrons. The summed E-state index contributed by atoms with van der Waals surface area (Å²) in [4.78, 5) is 11.7. The lowest BCUT2D eigenvalue weighted by molar-refractivity contribution is -0.121. The molecule has 1 amide bonds. The van der Waals surface area contributed by atoms with Gasteiger partial charge in [-0.15, -0.1) is 0 Å². The fourth-order valence-corrected chi connectivity index (χ4v) is 2.56. The van der Waals surface area contributed by atoms with E-state index in [1.807, 2.05) is 18.2 Å². The van der Waals surface area contributed by atoms with E-state index in [2.05, 4.69) is 22.8 Å². The van der Waals surface area contributed by atoms with Crippen molar-refractivity contribution in [3.63, 3.8) is 0 Å². The van der Waals surface area contributed by atoms with E-state index in [-0.39, 0.29) is 5.91 Å². The van der Waals surface area contributed by atoms with Crippen molar-refractivity contribution >= 4 is 5.91 Å². The van der Waals surface area contributed by atoms with Gasteiger partial charge >= 0.3 is 0 Å². The molecule has 0 radical (unpaired) electrons. The third-order valence-electron chi connectivity index (χ3n) is 3.71. The Morgan fingerprint density at radius 2 is 2.11 bits per heavy atom. The van der Waals surface area contributed by atoms with Gasteiger partial charge in [0, 0.05) is 19.0 Å². The van der Waals surface area contributed by atoms with Crippen molar-refractivity contribution in [2.45, 2.75) is 44.6 Å². The smallest absolute Gasteiger partial charge is 0.220 e. The Labute approximate surface area is 115 Å². The van der Waals surface area contributed by atoms with E-state index in [1.165, 1.54) is 24.8 Å². The lowest BCUT2D eigenvalue weighted by atomic mass is 10.0. The highest BCUT2D eigenvalue weighted by molar-refractivity contribution is 5.75. The highest BCUT2D eigenvalue weighted by atomic mass is 16.1. The maximum absolute atomic E-state index is 11.7. The highest BCUT2D eigenvalue weighted by Crippen LogP contribution is 2.11. The first kappa shape index (κ1) is 14.1. The van der Waals surface area contributed by atoms with Crippen molar-refractivity contribution in [3.8, 4) is 0 Å². The Balaban J connectivity index is 1.57. The number of piperidine rings is 1. The third-order valence-corrected chi connectivity index (χ3v) is 3.71. The zero-order chi connectivity index (χ0) is 13.3. The molecular formula is C16H24N2O. The van der Waals surface area contributed by atoms with Crippen molar-refractivity contribution in [3.05, 3.63) is 35.9 Å². The molecule has 19 heavy (non-hydrogen) atoms. The van der Waals surface area contributed by atoms with Crippen LogP contribution in [0.4, 0.5) is 0 Å². The van der Waals surface area contributed by atoms with E-state index in [9.17, 15) is 4.79 Å². The normalized spacial score (nSPS) is 19.1. The quantitative estimate of drug-likeness (QED) is 0.824. The number of carbonyl (C=O) groups is 1. The molecular weight excluding hydrogens is 236 g/mol. The van der Waals surface area contributed by atoms with Gasteiger partial charge in [0.25, 0.3) is 0 Å². The molecule has 0 aromatic heterocycles. The van der Waals surface area contributed by atoms with Gasteiger partial charge in [0.05, 0.1) is 0 Å². The Morgan fingerprint density at radius 3 is 2.84 bits per heavy atom. The molecule has 0 spiro atoms. The molecule has 2 rings (SSSR count). The number of hydrogen-bond acceptors (Lipinski definition) is 2. The van der Waals surface area contributed by atoms with Crippen molar-refractivity contribution in [2.24, 2.45) is 0 Å². The van der Waals surface area contributed by atoms with E-state index in [0.29, 0.717) is 12.5 Å². The number of amides is 1. The van der Waals surface area contributed by atoms with Crippen LogP contribution in [-0.2, 0) is 11.2 Å². The molecule has 0 saturated carbocycles. The summed E-state index contributed by atoms with van der Waals surface area (Å²) in [6.45, 7) is 1.85. The number of carbonyl (C=O) groups excluding carboxylic acids is 1. The largest absolute Gasteiger partial charge is 0.356 e. The topological polar surface area (TPSA) is 41.1 Å². The standard InChI is InChI=1S/C16H24N2O/c19-16(10-9-15-8-4-5-12-17-15)18-13-11-14-6-2-1-3-7-14/h1-3,6-7,15,17H,4-5,8-13H2,(H,18,19). The molecule has 1 heterocycles. The van der Waals surface area contributed by atoms with Crippen molar-refractivity contribution < 1.29 is 4.79 Å². The van der Waals surface area contributed by atoms with Crippen LogP contribution in [0.15, 0.2) is 30.3 Å². The van der Waals surface area contributed by atoms with E-state index >= 15 is 0 Å². The molecule has 1 fully saturated rings. The van der Waals surface area contributed by atoms with Gasteiger partial charge in [-0.05, 0) is 37.8 Å². The summed E-state index contributed by atoms with van der Waals surface area (Å²) >= 11 is 0. The first-order valence-electron chi connectivity index (χ1n) is 7.38. The van der Waals surface area contributed by atoms with Crippen LogP contribution in [-0.4, -0.2) is 25.0 Å². The van der Waals surface area contributed by atoms with Gasteiger partial charge in [-0.2, -0.15) is 0 Å². The maximum atomic E-state index is 11.7. The molecule has 2 N–H and O–H groups in total. The molecule has 1 aliphatic rings. The molecule has 1 aromatic rings. The van der Waals surface area contributed by atoms with Crippen LogP contribution in [0.1, 0.15) is 37.7 Å². The van der Waals surface area contributed by atoms with Crippen LogP contribution in [0.25, 0.3) is 0 Å². The van der Waals surface area contributed by atoms with Gasteiger partial charge in [0.1, 0.15) is 0 Å². The molecule has 1 saturated heterocycles. The average Bonchev–Trinajstić information content (AvgIpc) is 2.47. The van der Waals surface area contributed by atoms with Crippen LogP contribution in [0.2, 0.25) is 0 Å². The summed E-state index contributed by atoms with van der Waals surface area (Å²) in [6.07, 6.45) is 6.32. The molecule has 3 heteroatoms. The van der Waals surface area contributed by atoms with Crippen LogP contribution in [0.5, 0.6) is 0 Å². The lowest BCUT2D eigenvalue weighted by Gasteiger charge is -2.23. The van der Waals surface area contributed by atoms with Crippen LogP contribution in [0, 0.1) is 0 Å². The summed E-state index contributed by atoms with van der Waals surface area (Å²) in [5, 5.41) is 6.48. The van der Waals surface area contributed by atoms with E-state index in [1.54, 1.807) is 0 Å². The fraction of sp³-hybridized carbons (Fsp3) is 0.562. The second-order valence-corrected chi connectivity index (χ2v) is 5.27. The Kier molecular flexibility index (Phi) is 5.89. The van der Waals surface area contributed by atoms with E-state index in [4.69, 9.17) is 0 Å². The summed E-state index contributed by atoms with van der Waals surface area (Å²) in [5.41, 5.74) is 1.27. The Hall–Kier alpha value is -1.35. The zero-order valence-electron chi connectivity index (χ0n) is 11.5. The van der Waals surface area contributed by atoms with Gasteiger partial charge in [-0.3, -0.25) is 4.79 Å². The minimum Gasteiger partial charge on any atom is -0.356 e. The van der Waals surface area contributed by atoms with Gasteiger partial charge in [0.2, 0.25) is 5.91 Å². The van der Waals surface area contributed by atoms with Gasteiger partial charge in [0.15, 0.2) is 0 Å². The first-order valence-corrected chi connectivity index (χ1v) is 7.38. The molecule has 1 atom stereocenters. The van der Waals surface area contributed by atoms with Crippen LogP contribution < -0.4 is 10.6 Å². The SMILES string of the molecule is O=C(CCC1CCCCN1)NCCc1ccccc1. The predicted octanol–water partition coefficient (Wildman–Crippen LogP) is 2.27. The second kappa shape index (κ2) is 7.95. The molecule has 1 aromatic carbocycles. The maximum Gasteiger partial charge on any atom is 0.220 e. The lowest BCUT2D eigenvalue weighted by Crippen LogP contribution is -2.35. The monoisotopic (exact) mass is 260 g/mol. The molecule has 1 unspecified atom stereocenters. The summed E-state index contributed by atoms with van der Waals surface area (Å²) in [5.74, 6) is 0.184.